The Labute approximate surface area is 175 Å². The number of rotatable bonds is 15. The second-order valence-electron chi connectivity index (χ2n) is 7.14. The standard InChI is InChI=1S/C20H30N4O6/c1-2-3-4-5-6-7-8-9-10-11-12-19(25)22-21-15-16-13-17(23(27)28)14-18(20(16)26)24(29)30/h13-15,26H,2-12H2,1H3,(H,22,25)/b21-15-. The lowest BCUT2D eigenvalue weighted by Gasteiger charge is -2.03. The maximum atomic E-state index is 11.8. The highest BCUT2D eigenvalue weighted by Crippen LogP contribution is 2.33. The summed E-state index contributed by atoms with van der Waals surface area (Å²) in [7, 11) is 0. The summed E-state index contributed by atoms with van der Waals surface area (Å²) in [5.41, 5.74) is 0.678. The molecule has 1 amide bonds. The Hall–Kier alpha value is -3.04. The number of non-ortho nitro benzene ring substituents is 1. The number of hydrazone groups is 1. The zero-order valence-electron chi connectivity index (χ0n) is 17.3. The maximum absolute atomic E-state index is 11.8. The van der Waals surface area contributed by atoms with Gasteiger partial charge in [0.1, 0.15) is 0 Å². The molecule has 0 aliphatic heterocycles. The van der Waals surface area contributed by atoms with Gasteiger partial charge in [0.15, 0.2) is 0 Å². The van der Waals surface area contributed by atoms with Gasteiger partial charge < -0.3 is 5.11 Å². The summed E-state index contributed by atoms with van der Waals surface area (Å²) in [4.78, 5) is 31.9. The van der Waals surface area contributed by atoms with Gasteiger partial charge in [-0.15, -0.1) is 0 Å². The minimum Gasteiger partial charge on any atom is -0.502 e. The SMILES string of the molecule is CCCCCCCCCCCCC(=O)N/N=C\c1cc([N+](=O)[O-])cc([N+](=O)[O-])c1O. The van der Waals surface area contributed by atoms with E-state index in [1.807, 2.05) is 0 Å². The van der Waals surface area contributed by atoms with Crippen LogP contribution in [0, 0.1) is 20.2 Å². The molecule has 0 aromatic heterocycles. The molecule has 1 rings (SSSR count). The summed E-state index contributed by atoms with van der Waals surface area (Å²) in [5, 5.41) is 35.3. The molecule has 0 radical (unpaired) electrons. The Morgan fingerprint density at radius 3 is 2.10 bits per heavy atom. The average Bonchev–Trinajstić information content (AvgIpc) is 2.70. The van der Waals surface area contributed by atoms with Crippen molar-refractivity contribution in [1.82, 2.24) is 5.43 Å². The number of phenols is 1. The predicted octanol–water partition coefficient (Wildman–Crippen LogP) is 4.97. The molecule has 166 valence electrons. The first-order valence-electron chi connectivity index (χ1n) is 10.3. The lowest BCUT2D eigenvalue weighted by atomic mass is 10.1. The van der Waals surface area contributed by atoms with Crippen molar-refractivity contribution in [2.75, 3.05) is 0 Å². The van der Waals surface area contributed by atoms with Crippen LogP contribution in [0.25, 0.3) is 0 Å². The van der Waals surface area contributed by atoms with Crippen LogP contribution in [-0.2, 0) is 4.79 Å². The van der Waals surface area contributed by atoms with Crippen molar-refractivity contribution < 1.29 is 19.7 Å². The molecule has 0 atom stereocenters. The van der Waals surface area contributed by atoms with Gasteiger partial charge in [-0.3, -0.25) is 25.0 Å². The topological polar surface area (TPSA) is 148 Å². The number of carbonyl (C=O) groups excluding carboxylic acids is 1. The van der Waals surface area contributed by atoms with Gasteiger partial charge in [0.25, 0.3) is 5.69 Å². The van der Waals surface area contributed by atoms with Crippen molar-refractivity contribution >= 4 is 23.5 Å². The molecule has 0 heterocycles. The predicted molar refractivity (Wildman–Crippen MR) is 114 cm³/mol. The summed E-state index contributed by atoms with van der Waals surface area (Å²) in [6, 6.07) is 1.61. The number of nitro groups is 2. The first kappa shape index (κ1) is 25.0. The Bertz CT molecular complexity index is 751. The van der Waals surface area contributed by atoms with E-state index in [1.165, 1.54) is 38.5 Å². The van der Waals surface area contributed by atoms with Gasteiger partial charge in [0.2, 0.25) is 11.7 Å². The molecule has 0 bridgehead atoms. The highest BCUT2D eigenvalue weighted by Gasteiger charge is 2.23. The molecule has 2 N–H and O–H groups in total. The van der Waals surface area contributed by atoms with Crippen LogP contribution in [0.4, 0.5) is 11.4 Å². The van der Waals surface area contributed by atoms with Gasteiger partial charge in [-0.25, -0.2) is 5.43 Å². The number of aromatic hydroxyl groups is 1. The second kappa shape index (κ2) is 14.0. The van der Waals surface area contributed by atoms with Crippen LogP contribution >= 0.6 is 0 Å². The van der Waals surface area contributed by atoms with Crippen LogP contribution in [-0.4, -0.2) is 27.1 Å². The summed E-state index contributed by atoms with van der Waals surface area (Å²) >= 11 is 0. The minimum absolute atomic E-state index is 0.227. The van der Waals surface area contributed by atoms with Gasteiger partial charge in [-0.1, -0.05) is 64.7 Å². The zero-order valence-corrected chi connectivity index (χ0v) is 17.3. The second-order valence-corrected chi connectivity index (χ2v) is 7.14. The summed E-state index contributed by atoms with van der Waals surface area (Å²) < 4.78 is 0. The van der Waals surface area contributed by atoms with Gasteiger partial charge in [-0.05, 0) is 6.42 Å². The number of amides is 1. The number of nitrogens with zero attached hydrogens (tertiary/aromatic N) is 3. The fraction of sp³-hybridized carbons (Fsp3) is 0.600. The highest BCUT2D eigenvalue weighted by molar-refractivity contribution is 5.88. The smallest absolute Gasteiger partial charge is 0.318 e. The van der Waals surface area contributed by atoms with Crippen molar-refractivity contribution in [3.63, 3.8) is 0 Å². The molecule has 0 unspecified atom stereocenters. The van der Waals surface area contributed by atoms with Crippen molar-refractivity contribution in [1.29, 1.82) is 0 Å². The monoisotopic (exact) mass is 422 g/mol. The van der Waals surface area contributed by atoms with E-state index in [-0.39, 0.29) is 17.9 Å². The molecule has 10 nitrogen and oxygen atoms in total. The fourth-order valence-electron chi connectivity index (χ4n) is 2.97. The van der Waals surface area contributed by atoms with E-state index in [4.69, 9.17) is 0 Å². The molecule has 1 aromatic carbocycles. The molecular formula is C20H30N4O6. The number of unbranched alkanes of at least 4 members (excludes halogenated alkanes) is 9. The van der Waals surface area contributed by atoms with E-state index in [0.29, 0.717) is 6.07 Å². The van der Waals surface area contributed by atoms with Crippen molar-refractivity contribution in [2.45, 2.75) is 77.6 Å². The summed E-state index contributed by atoms with van der Waals surface area (Å²) in [5.74, 6) is -1.08. The first-order valence-corrected chi connectivity index (χ1v) is 10.3. The van der Waals surface area contributed by atoms with Crippen LogP contribution in [0.15, 0.2) is 17.2 Å². The van der Waals surface area contributed by atoms with E-state index >= 15 is 0 Å². The number of hydrogen-bond donors (Lipinski definition) is 2. The van der Waals surface area contributed by atoms with Crippen molar-refractivity contribution in [3.05, 3.63) is 37.9 Å². The molecule has 0 fully saturated rings. The normalized spacial score (nSPS) is 11.0. The molecule has 30 heavy (non-hydrogen) atoms. The summed E-state index contributed by atoms with van der Waals surface area (Å²) in [6.07, 6.45) is 12.8. The Morgan fingerprint density at radius 1 is 1.00 bits per heavy atom. The van der Waals surface area contributed by atoms with Crippen molar-refractivity contribution in [2.24, 2.45) is 5.10 Å². The third kappa shape index (κ3) is 9.44. The van der Waals surface area contributed by atoms with Gasteiger partial charge >= 0.3 is 5.69 Å². The highest BCUT2D eigenvalue weighted by atomic mass is 16.6. The van der Waals surface area contributed by atoms with Crippen LogP contribution in [0.1, 0.15) is 83.1 Å². The lowest BCUT2D eigenvalue weighted by Crippen LogP contribution is -2.16. The van der Waals surface area contributed by atoms with E-state index < -0.39 is 27.0 Å². The molecule has 1 aromatic rings. The molecule has 0 aliphatic rings. The number of carbonyl (C=O) groups is 1. The van der Waals surface area contributed by atoms with E-state index in [1.54, 1.807) is 0 Å². The summed E-state index contributed by atoms with van der Waals surface area (Å²) in [6.45, 7) is 2.20. The molecule has 0 aliphatic carbocycles. The number of benzene rings is 1. The number of nitro benzene ring substituents is 2. The van der Waals surface area contributed by atoms with Crippen molar-refractivity contribution in [3.8, 4) is 5.75 Å². The Kier molecular flexibility index (Phi) is 11.7. The molecule has 0 saturated heterocycles. The van der Waals surface area contributed by atoms with Crippen LogP contribution in [0.3, 0.4) is 0 Å². The molecular weight excluding hydrogens is 392 g/mol. The Morgan fingerprint density at radius 2 is 1.57 bits per heavy atom. The van der Waals surface area contributed by atoms with Crippen LogP contribution in [0.2, 0.25) is 0 Å². The van der Waals surface area contributed by atoms with E-state index in [9.17, 15) is 30.1 Å². The quantitative estimate of drug-likeness (QED) is 0.176. The molecule has 10 heteroatoms. The first-order chi connectivity index (χ1) is 14.4. The lowest BCUT2D eigenvalue weighted by molar-refractivity contribution is -0.394. The minimum atomic E-state index is -0.927. The Balaban J connectivity index is 2.36. The number of phenolic OH excluding ortho intramolecular Hbond substituents is 1. The van der Waals surface area contributed by atoms with Crippen LogP contribution < -0.4 is 5.43 Å². The van der Waals surface area contributed by atoms with Gasteiger partial charge in [-0.2, -0.15) is 5.10 Å². The molecule has 0 saturated carbocycles. The van der Waals surface area contributed by atoms with E-state index in [0.717, 1.165) is 38.0 Å². The average molecular weight is 422 g/mol. The molecule has 0 spiro atoms. The zero-order chi connectivity index (χ0) is 22.4. The largest absolute Gasteiger partial charge is 0.502 e. The van der Waals surface area contributed by atoms with Crippen LogP contribution in [0.5, 0.6) is 5.75 Å². The third-order valence-corrected chi connectivity index (χ3v) is 4.66. The fourth-order valence-corrected chi connectivity index (χ4v) is 2.97. The van der Waals surface area contributed by atoms with Gasteiger partial charge in [0.05, 0.1) is 27.7 Å². The van der Waals surface area contributed by atoms with E-state index in [2.05, 4.69) is 17.5 Å². The number of hydrogen-bond acceptors (Lipinski definition) is 7. The third-order valence-electron chi connectivity index (χ3n) is 4.66. The maximum Gasteiger partial charge on any atom is 0.318 e. The number of nitrogens with one attached hydrogen (secondary N) is 1. The van der Waals surface area contributed by atoms with Gasteiger partial charge in [0, 0.05) is 12.5 Å².